The first-order chi connectivity index (χ1) is 24.1. The summed E-state index contributed by atoms with van der Waals surface area (Å²) in [5, 5.41) is 2.05. The van der Waals surface area contributed by atoms with Crippen molar-refractivity contribution in [1.29, 1.82) is 0 Å². The molecule has 261 valence electrons. The van der Waals surface area contributed by atoms with Gasteiger partial charge in [-0.15, -0.1) is 23.8 Å². The second kappa shape index (κ2) is 16.0. The third-order valence-electron chi connectivity index (χ3n) is 9.66. The first kappa shape index (κ1) is 37.2. The van der Waals surface area contributed by atoms with E-state index in [1.165, 1.54) is 59.4 Å². The summed E-state index contributed by atoms with van der Waals surface area (Å²) in [6, 6.07) is 34.8. The molecule has 1 radical (unpaired) electrons. The zero-order valence-electron chi connectivity index (χ0n) is 29.3. The molecule has 0 saturated heterocycles. The van der Waals surface area contributed by atoms with Gasteiger partial charge in [0, 0.05) is 31.0 Å². The number of rotatable bonds is 6. The number of pyridine rings is 2. The fraction of sp³-hybridized carbons (Fsp3) is 0.227. The molecule has 0 amide bonds. The van der Waals surface area contributed by atoms with Gasteiger partial charge in [-0.25, -0.2) is 8.78 Å². The van der Waals surface area contributed by atoms with Gasteiger partial charge in [-0.3, -0.25) is 0 Å². The minimum atomic E-state index is -1.77. The van der Waals surface area contributed by atoms with Gasteiger partial charge in [-0.2, -0.15) is 11.3 Å². The number of aromatic nitrogens is 2. The van der Waals surface area contributed by atoms with Gasteiger partial charge in [0.15, 0.2) is 0 Å². The third-order valence-corrected chi connectivity index (χ3v) is 15.3. The number of nitrogens with zero attached hydrogens (tertiary/aromatic N) is 2. The van der Waals surface area contributed by atoms with Crippen molar-refractivity contribution in [3.05, 3.63) is 138 Å². The summed E-state index contributed by atoms with van der Waals surface area (Å²) in [6.07, 6.45) is 10.4. The molecule has 4 aromatic carbocycles. The monoisotopic (exact) mass is 933 g/mol. The van der Waals surface area contributed by atoms with E-state index in [0.717, 1.165) is 55.0 Å². The van der Waals surface area contributed by atoms with Crippen molar-refractivity contribution < 1.29 is 28.9 Å². The largest absolute Gasteiger partial charge is 0.305 e. The van der Waals surface area contributed by atoms with Crippen LogP contribution in [0.4, 0.5) is 8.78 Å². The molecule has 1 saturated carbocycles. The van der Waals surface area contributed by atoms with Crippen LogP contribution in [0, 0.1) is 36.6 Å². The number of hydrogen-bond acceptors (Lipinski definition) is 3. The van der Waals surface area contributed by atoms with Crippen LogP contribution in [0.15, 0.2) is 103 Å². The fourth-order valence-corrected chi connectivity index (χ4v) is 11.8. The Bertz CT molecular complexity index is 2270. The minimum Gasteiger partial charge on any atom is -0.305 e. The molecule has 1 aliphatic rings. The van der Waals surface area contributed by atoms with Gasteiger partial charge in [0.1, 0.15) is 11.6 Å². The summed E-state index contributed by atoms with van der Waals surface area (Å²) in [4.78, 5) is 9.21. The maximum absolute atomic E-state index is 14.4. The molecule has 51 heavy (non-hydrogen) atoms. The Morgan fingerprint density at radius 1 is 0.784 bits per heavy atom. The Morgan fingerprint density at radius 2 is 1.53 bits per heavy atom. The van der Waals surface area contributed by atoms with Crippen LogP contribution in [-0.4, -0.2) is 23.2 Å². The molecule has 0 atom stereocenters. The Hall–Kier alpha value is -3.55. The van der Waals surface area contributed by atoms with E-state index in [2.05, 4.69) is 82.8 Å². The molecule has 3 aromatic heterocycles. The van der Waals surface area contributed by atoms with Crippen LogP contribution in [0.1, 0.15) is 36.8 Å². The standard InChI is InChI=1S/C29H22F2NS.C15H18GeN.Ir/c30-24-6-3-7-25(31)29(24)21-9-11-28-23(17-21)22-16-20(8-10-27(22)33-28)26-15-19(12-13-32-26)14-18-4-1-2-5-18;1-12-10-15(13-8-6-5-7-9-13)17-11-14(12)16(2,3)4;/h3,6-7,9-13,15-18H,1-2,4-5,14H2;5-8,10-11H,1-4H3;/q2*-1;. The molecule has 0 aliphatic heterocycles. The third kappa shape index (κ3) is 8.41. The first-order valence-corrected chi connectivity index (χ1v) is 25.5. The normalized spacial score (nSPS) is 13.2. The fourth-order valence-electron chi connectivity index (χ4n) is 7.14. The van der Waals surface area contributed by atoms with Crippen molar-refractivity contribution in [3.63, 3.8) is 0 Å². The van der Waals surface area contributed by atoms with E-state index in [1.807, 2.05) is 42.6 Å². The zero-order chi connectivity index (χ0) is 34.8. The van der Waals surface area contributed by atoms with E-state index in [0.29, 0.717) is 5.56 Å². The van der Waals surface area contributed by atoms with E-state index >= 15 is 0 Å². The van der Waals surface area contributed by atoms with Gasteiger partial charge in [0.2, 0.25) is 0 Å². The number of benzene rings is 4. The molecule has 1 fully saturated rings. The Labute approximate surface area is 320 Å². The molecule has 0 bridgehead atoms. The molecular formula is C44H40F2GeIrN2S-2. The van der Waals surface area contributed by atoms with Gasteiger partial charge in [-0.05, 0) is 64.0 Å². The van der Waals surface area contributed by atoms with Gasteiger partial charge in [-0.1, -0.05) is 54.8 Å². The van der Waals surface area contributed by atoms with Crippen LogP contribution in [0.5, 0.6) is 0 Å². The zero-order valence-corrected chi connectivity index (χ0v) is 34.6. The minimum absolute atomic E-state index is 0. The molecule has 8 rings (SSSR count). The molecule has 7 heteroatoms. The van der Waals surface area contributed by atoms with Crippen molar-refractivity contribution in [2.24, 2.45) is 5.92 Å². The molecule has 2 nitrogen and oxygen atoms in total. The SMILES string of the molecule is Cc1cc(-c2[c-]cccc2)nc[c]1[Ge]([CH3])([CH3])[CH3].Fc1cccc(F)c1-c1ccc2sc3c[c-]c(-c4cc(CC5CCCC5)ccn4)cc3c2c1.[Ir]. The van der Waals surface area contributed by atoms with Crippen LogP contribution in [0.2, 0.25) is 17.3 Å². The Balaban J connectivity index is 0.000000211. The summed E-state index contributed by atoms with van der Waals surface area (Å²) < 4.78 is 32.5. The van der Waals surface area contributed by atoms with Crippen molar-refractivity contribution in [1.82, 2.24) is 9.97 Å². The second-order valence-corrected chi connectivity index (χ2v) is 26.0. The van der Waals surface area contributed by atoms with Crippen LogP contribution in [0.3, 0.4) is 0 Å². The summed E-state index contributed by atoms with van der Waals surface area (Å²) in [6.45, 7) is 2.19. The second-order valence-electron chi connectivity index (χ2n) is 14.3. The summed E-state index contributed by atoms with van der Waals surface area (Å²) in [7, 11) is 0. The summed E-state index contributed by atoms with van der Waals surface area (Å²) in [5.41, 5.74) is 7.22. The van der Waals surface area contributed by atoms with Crippen LogP contribution >= 0.6 is 11.3 Å². The Morgan fingerprint density at radius 3 is 2.24 bits per heavy atom. The van der Waals surface area contributed by atoms with Gasteiger partial charge in [0.25, 0.3) is 0 Å². The molecule has 0 unspecified atom stereocenters. The topological polar surface area (TPSA) is 25.8 Å². The number of aryl methyl sites for hydroxylation is 1. The summed E-state index contributed by atoms with van der Waals surface area (Å²) in [5.74, 6) is 6.89. The van der Waals surface area contributed by atoms with E-state index in [-0.39, 0.29) is 25.7 Å². The van der Waals surface area contributed by atoms with Gasteiger partial charge in [0.05, 0.1) is 5.56 Å². The van der Waals surface area contributed by atoms with Crippen LogP contribution in [0.25, 0.3) is 53.8 Å². The summed E-state index contributed by atoms with van der Waals surface area (Å²) >= 11 is -0.109. The number of hydrogen-bond donors (Lipinski definition) is 0. The van der Waals surface area contributed by atoms with E-state index < -0.39 is 24.9 Å². The smallest absolute Gasteiger partial charge is 0.133 e. The molecule has 0 N–H and O–H groups in total. The van der Waals surface area contributed by atoms with Crippen molar-refractivity contribution >= 4 is 49.2 Å². The molecule has 7 aromatic rings. The molecule has 1 aliphatic carbocycles. The number of halogens is 2. The van der Waals surface area contributed by atoms with Crippen LogP contribution in [-0.2, 0) is 26.5 Å². The van der Waals surface area contributed by atoms with Gasteiger partial charge < -0.3 is 4.98 Å². The number of thiophene rings is 1. The van der Waals surface area contributed by atoms with Crippen molar-refractivity contribution in [2.45, 2.75) is 56.3 Å². The van der Waals surface area contributed by atoms with E-state index in [4.69, 9.17) is 0 Å². The quantitative estimate of drug-likeness (QED) is 0.123. The molecule has 0 spiro atoms. The van der Waals surface area contributed by atoms with E-state index in [1.54, 1.807) is 17.4 Å². The average Bonchev–Trinajstić information content (AvgIpc) is 3.76. The molecular weight excluding hydrogens is 891 g/mol. The molecule has 3 heterocycles. The van der Waals surface area contributed by atoms with Crippen molar-refractivity contribution in [3.8, 4) is 33.6 Å². The van der Waals surface area contributed by atoms with E-state index in [9.17, 15) is 8.78 Å². The maximum Gasteiger partial charge on any atom is 0.133 e. The van der Waals surface area contributed by atoms with Gasteiger partial charge >= 0.3 is 106 Å². The first-order valence-electron chi connectivity index (χ1n) is 17.4. The average molecular weight is 932 g/mol. The number of fused-ring (bicyclic) bond motifs is 3. The predicted octanol–water partition coefficient (Wildman–Crippen LogP) is 12.0. The predicted molar refractivity (Wildman–Crippen MR) is 209 cm³/mol. The van der Waals surface area contributed by atoms with Crippen LogP contribution < -0.4 is 4.40 Å². The Kier molecular flexibility index (Phi) is 11.7. The van der Waals surface area contributed by atoms with Crippen molar-refractivity contribution in [2.75, 3.05) is 0 Å². The maximum atomic E-state index is 14.4.